The number of allylic oxidation sites excluding steroid dienone is 3. The summed E-state index contributed by atoms with van der Waals surface area (Å²) in [4.78, 5) is 0. The summed E-state index contributed by atoms with van der Waals surface area (Å²) in [6.07, 6.45) is 12.8. The third kappa shape index (κ3) is 2.85. The minimum Gasteiger partial charge on any atom is -0.488 e. The zero-order valence-corrected chi connectivity index (χ0v) is 14.1. The fraction of sp³-hybridized carbons (Fsp3) is 0.524. The fourth-order valence-electron chi connectivity index (χ4n) is 4.57. The number of hydrogen-bond donors (Lipinski definition) is 1. The first-order valence-electron chi connectivity index (χ1n) is 9.06. The summed E-state index contributed by atoms with van der Waals surface area (Å²) in [5.74, 6) is 3.15. The highest BCUT2D eigenvalue weighted by Gasteiger charge is 2.43. The number of rotatable bonds is 3. The van der Waals surface area contributed by atoms with Crippen molar-refractivity contribution in [3.63, 3.8) is 0 Å². The third-order valence-corrected chi connectivity index (χ3v) is 5.85. The van der Waals surface area contributed by atoms with Gasteiger partial charge < -0.3 is 10.1 Å². The molecule has 122 valence electrons. The lowest BCUT2D eigenvalue weighted by atomic mass is 9.79. The maximum Gasteiger partial charge on any atom is 0.123 e. The van der Waals surface area contributed by atoms with Gasteiger partial charge in [0.05, 0.1) is 0 Å². The molecule has 0 aromatic heterocycles. The number of ether oxygens (including phenoxy) is 1. The molecule has 0 radical (unpaired) electrons. The van der Waals surface area contributed by atoms with Gasteiger partial charge in [-0.05, 0) is 42.2 Å². The molecule has 5 atom stereocenters. The molecule has 2 heteroatoms. The van der Waals surface area contributed by atoms with E-state index in [9.17, 15) is 0 Å². The van der Waals surface area contributed by atoms with Crippen LogP contribution < -0.4 is 10.1 Å². The van der Waals surface area contributed by atoms with Gasteiger partial charge >= 0.3 is 0 Å². The van der Waals surface area contributed by atoms with Gasteiger partial charge in [-0.2, -0.15) is 0 Å². The monoisotopic (exact) mass is 309 g/mol. The van der Waals surface area contributed by atoms with E-state index in [-0.39, 0.29) is 0 Å². The summed E-state index contributed by atoms with van der Waals surface area (Å²) in [7, 11) is 0. The average Bonchev–Trinajstić information content (AvgIpc) is 3.19. The van der Waals surface area contributed by atoms with E-state index in [1.165, 1.54) is 12.0 Å². The van der Waals surface area contributed by atoms with Crippen LogP contribution >= 0.6 is 0 Å². The van der Waals surface area contributed by atoms with Gasteiger partial charge in [-0.15, -0.1) is 0 Å². The minimum absolute atomic E-state index is 0.293. The van der Waals surface area contributed by atoms with E-state index in [0.29, 0.717) is 30.0 Å². The van der Waals surface area contributed by atoms with Crippen LogP contribution in [0.25, 0.3) is 0 Å². The molecule has 1 aromatic rings. The quantitative estimate of drug-likeness (QED) is 0.906. The summed E-state index contributed by atoms with van der Waals surface area (Å²) >= 11 is 0. The normalized spacial score (nSPS) is 35.5. The molecular weight excluding hydrogens is 282 g/mol. The Kier molecular flexibility index (Phi) is 4.02. The highest BCUT2D eigenvalue weighted by atomic mass is 16.5. The van der Waals surface area contributed by atoms with Crippen LogP contribution in [0.4, 0.5) is 0 Å². The van der Waals surface area contributed by atoms with E-state index < -0.39 is 0 Å². The molecule has 1 N–H and O–H groups in total. The largest absolute Gasteiger partial charge is 0.488 e. The Morgan fingerprint density at radius 2 is 2.04 bits per heavy atom. The molecule has 0 bridgehead atoms. The first kappa shape index (κ1) is 15.0. The smallest absolute Gasteiger partial charge is 0.123 e. The van der Waals surface area contributed by atoms with Gasteiger partial charge in [-0.1, -0.05) is 56.4 Å². The summed E-state index contributed by atoms with van der Waals surface area (Å²) in [6.45, 7) is 4.74. The van der Waals surface area contributed by atoms with Gasteiger partial charge in [0.1, 0.15) is 11.9 Å². The van der Waals surface area contributed by atoms with Gasteiger partial charge in [-0.3, -0.25) is 0 Å². The first-order valence-corrected chi connectivity index (χ1v) is 9.06. The Labute approximate surface area is 139 Å². The SMILES string of the molecule is CC(C)C1CC(C2Cc3ccccc3O2)NC1C1C=CC=CC1. The van der Waals surface area contributed by atoms with Crippen molar-refractivity contribution >= 4 is 0 Å². The van der Waals surface area contributed by atoms with E-state index in [4.69, 9.17) is 4.74 Å². The summed E-state index contributed by atoms with van der Waals surface area (Å²) in [5, 5.41) is 3.96. The molecule has 0 saturated carbocycles. The lowest BCUT2D eigenvalue weighted by molar-refractivity contribution is 0.182. The standard InChI is InChI=1S/C21H27NO/c1-14(2)17-13-18(22-21(17)15-8-4-3-5-9-15)20-12-16-10-6-7-11-19(16)23-20/h3-8,10-11,14-15,17-18,20-22H,9,12-13H2,1-2H3. The predicted molar refractivity (Wildman–Crippen MR) is 94.6 cm³/mol. The molecular formula is C21H27NO. The van der Waals surface area contributed by atoms with Crippen molar-refractivity contribution in [2.24, 2.45) is 17.8 Å². The van der Waals surface area contributed by atoms with Gasteiger partial charge in [0.15, 0.2) is 0 Å². The molecule has 2 heterocycles. The lowest BCUT2D eigenvalue weighted by Crippen LogP contribution is -2.44. The second-order valence-electron chi connectivity index (χ2n) is 7.62. The highest BCUT2D eigenvalue weighted by Crippen LogP contribution is 2.39. The van der Waals surface area contributed by atoms with Gasteiger partial charge in [-0.25, -0.2) is 0 Å². The van der Waals surface area contributed by atoms with Crippen molar-refractivity contribution in [1.82, 2.24) is 5.32 Å². The van der Waals surface area contributed by atoms with Crippen LogP contribution in [-0.4, -0.2) is 18.2 Å². The van der Waals surface area contributed by atoms with Crippen LogP contribution in [0.15, 0.2) is 48.6 Å². The van der Waals surface area contributed by atoms with E-state index in [0.717, 1.165) is 24.5 Å². The molecule has 0 spiro atoms. The third-order valence-electron chi connectivity index (χ3n) is 5.85. The number of fused-ring (bicyclic) bond motifs is 1. The molecule has 0 amide bonds. The summed E-state index contributed by atoms with van der Waals surface area (Å²) in [5.41, 5.74) is 1.37. The molecule has 1 fully saturated rings. The van der Waals surface area contributed by atoms with Crippen LogP contribution in [0.5, 0.6) is 5.75 Å². The van der Waals surface area contributed by atoms with Gasteiger partial charge in [0, 0.05) is 18.5 Å². The summed E-state index contributed by atoms with van der Waals surface area (Å²) < 4.78 is 6.26. The van der Waals surface area contributed by atoms with Crippen LogP contribution in [0.1, 0.15) is 32.3 Å². The minimum atomic E-state index is 0.293. The van der Waals surface area contributed by atoms with E-state index in [1.54, 1.807) is 0 Å². The fourth-order valence-corrected chi connectivity index (χ4v) is 4.57. The lowest BCUT2D eigenvalue weighted by Gasteiger charge is -2.29. The Balaban J connectivity index is 1.49. The maximum atomic E-state index is 6.26. The predicted octanol–water partition coefficient (Wildman–Crippen LogP) is 4.13. The Morgan fingerprint density at radius 3 is 2.78 bits per heavy atom. The van der Waals surface area contributed by atoms with Crippen molar-refractivity contribution in [2.45, 2.75) is 51.3 Å². The molecule has 3 aliphatic rings. The Morgan fingerprint density at radius 1 is 1.17 bits per heavy atom. The zero-order valence-electron chi connectivity index (χ0n) is 14.1. The van der Waals surface area contributed by atoms with Gasteiger partial charge in [0.25, 0.3) is 0 Å². The topological polar surface area (TPSA) is 21.3 Å². The average molecular weight is 309 g/mol. The molecule has 4 rings (SSSR count). The highest BCUT2D eigenvalue weighted by molar-refractivity contribution is 5.37. The molecule has 2 aliphatic heterocycles. The van der Waals surface area contributed by atoms with Crippen LogP contribution in [0.3, 0.4) is 0 Å². The number of benzene rings is 1. The number of hydrogen-bond acceptors (Lipinski definition) is 2. The van der Waals surface area contributed by atoms with Crippen LogP contribution in [0, 0.1) is 17.8 Å². The van der Waals surface area contributed by atoms with Crippen LogP contribution in [0.2, 0.25) is 0 Å². The van der Waals surface area contributed by atoms with Crippen molar-refractivity contribution in [3.05, 3.63) is 54.1 Å². The van der Waals surface area contributed by atoms with Crippen molar-refractivity contribution < 1.29 is 4.74 Å². The Bertz CT molecular complexity index is 593. The van der Waals surface area contributed by atoms with Crippen molar-refractivity contribution in [3.8, 4) is 5.75 Å². The summed E-state index contributed by atoms with van der Waals surface area (Å²) in [6, 6.07) is 9.55. The molecule has 1 saturated heterocycles. The molecule has 2 nitrogen and oxygen atoms in total. The molecule has 23 heavy (non-hydrogen) atoms. The molecule has 1 aliphatic carbocycles. The van der Waals surface area contributed by atoms with E-state index >= 15 is 0 Å². The molecule has 1 aromatic carbocycles. The molecule has 5 unspecified atom stereocenters. The van der Waals surface area contributed by atoms with Gasteiger partial charge in [0.2, 0.25) is 0 Å². The first-order chi connectivity index (χ1) is 11.2. The zero-order chi connectivity index (χ0) is 15.8. The second kappa shape index (κ2) is 6.16. The maximum absolute atomic E-state index is 6.26. The number of para-hydroxylation sites is 1. The number of nitrogens with one attached hydrogen (secondary N) is 1. The van der Waals surface area contributed by atoms with Crippen LogP contribution in [-0.2, 0) is 6.42 Å². The van der Waals surface area contributed by atoms with Crippen molar-refractivity contribution in [1.29, 1.82) is 0 Å². The van der Waals surface area contributed by atoms with Crippen molar-refractivity contribution in [2.75, 3.05) is 0 Å². The second-order valence-corrected chi connectivity index (χ2v) is 7.62. The van der Waals surface area contributed by atoms with E-state index in [2.05, 4.69) is 67.7 Å². The van der Waals surface area contributed by atoms with E-state index in [1.807, 2.05) is 0 Å². The Hall–Kier alpha value is -1.54.